The summed E-state index contributed by atoms with van der Waals surface area (Å²) in [5, 5.41) is 13.4. The fourth-order valence-electron chi connectivity index (χ4n) is 3.09. The standard InChI is InChI=1S/C19H30N2O3/c1-14(15-8-6-5-7-9-15)20-17-10-11-21(12-16(17)13-22)18(23)24-19(2,3)4/h5-9,14,16-17,20,22H,10-13H2,1-4H3/t14-,16?,17?/m0/s1. The highest BCUT2D eigenvalue weighted by atomic mass is 16.6. The maximum Gasteiger partial charge on any atom is 0.410 e. The molecule has 0 aromatic heterocycles. The summed E-state index contributed by atoms with van der Waals surface area (Å²) in [4.78, 5) is 13.9. The number of amides is 1. The summed E-state index contributed by atoms with van der Waals surface area (Å²) in [5.74, 6) is 0.0115. The minimum absolute atomic E-state index is 0.0115. The maximum absolute atomic E-state index is 12.2. The predicted molar refractivity (Wildman–Crippen MR) is 94.8 cm³/mol. The molecule has 1 aliphatic heterocycles. The van der Waals surface area contributed by atoms with Crippen LogP contribution in [0.25, 0.3) is 0 Å². The van der Waals surface area contributed by atoms with Gasteiger partial charge in [-0.25, -0.2) is 4.79 Å². The van der Waals surface area contributed by atoms with Crippen LogP contribution >= 0.6 is 0 Å². The van der Waals surface area contributed by atoms with Crippen LogP contribution in [0.2, 0.25) is 0 Å². The number of carbonyl (C=O) groups excluding carboxylic acids is 1. The van der Waals surface area contributed by atoms with Crippen LogP contribution in [-0.2, 0) is 4.74 Å². The summed E-state index contributed by atoms with van der Waals surface area (Å²) in [6.45, 7) is 8.94. The first-order valence-electron chi connectivity index (χ1n) is 8.70. The number of benzene rings is 1. The third-order valence-corrected chi connectivity index (χ3v) is 4.38. The highest BCUT2D eigenvalue weighted by Crippen LogP contribution is 2.23. The topological polar surface area (TPSA) is 61.8 Å². The van der Waals surface area contributed by atoms with Gasteiger partial charge in [0.15, 0.2) is 0 Å². The van der Waals surface area contributed by atoms with Gasteiger partial charge in [-0.3, -0.25) is 0 Å². The van der Waals surface area contributed by atoms with Crippen molar-refractivity contribution in [3.05, 3.63) is 35.9 Å². The van der Waals surface area contributed by atoms with Gasteiger partial charge >= 0.3 is 6.09 Å². The molecule has 24 heavy (non-hydrogen) atoms. The van der Waals surface area contributed by atoms with Crippen molar-refractivity contribution in [1.82, 2.24) is 10.2 Å². The maximum atomic E-state index is 12.2. The van der Waals surface area contributed by atoms with Crippen LogP contribution in [0, 0.1) is 5.92 Å². The van der Waals surface area contributed by atoms with Gasteiger partial charge in [-0.15, -0.1) is 0 Å². The summed E-state index contributed by atoms with van der Waals surface area (Å²) in [5.41, 5.74) is 0.728. The number of aliphatic hydroxyl groups excluding tert-OH is 1. The van der Waals surface area contributed by atoms with E-state index in [1.807, 2.05) is 39.0 Å². The molecule has 2 rings (SSSR count). The number of likely N-dealkylation sites (tertiary alicyclic amines) is 1. The second-order valence-corrected chi connectivity index (χ2v) is 7.56. The van der Waals surface area contributed by atoms with Crippen molar-refractivity contribution < 1.29 is 14.6 Å². The van der Waals surface area contributed by atoms with Gasteiger partial charge in [0.1, 0.15) is 5.60 Å². The van der Waals surface area contributed by atoms with E-state index in [-0.39, 0.29) is 30.7 Å². The second kappa shape index (κ2) is 7.99. The zero-order chi connectivity index (χ0) is 17.7. The van der Waals surface area contributed by atoms with Crippen LogP contribution in [0.1, 0.15) is 45.7 Å². The largest absolute Gasteiger partial charge is 0.444 e. The molecular weight excluding hydrogens is 304 g/mol. The van der Waals surface area contributed by atoms with Crippen LogP contribution < -0.4 is 5.32 Å². The van der Waals surface area contributed by atoms with E-state index in [0.29, 0.717) is 13.1 Å². The van der Waals surface area contributed by atoms with Gasteiger partial charge in [0.2, 0.25) is 0 Å². The molecule has 1 aliphatic rings. The first-order chi connectivity index (χ1) is 11.3. The highest BCUT2D eigenvalue weighted by Gasteiger charge is 2.33. The van der Waals surface area contributed by atoms with E-state index in [9.17, 15) is 9.90 Å². The van der Waals surface area contributed by atoms with E-state index >= 15 is 0 Å². The van der Waals surface area contributed by atoms with Gasteiger partial charge in [-0.05, 0) is 39.7 Å². The van der Waals surface area contributed by atoms with E-state index in [0.717, 1.165) is 6.42 Å². The molecule has 1 heterocycles. The van der Waals surface area contributed by atoms with E-state index in [1.165, 1.54) is 5.56 Å². The number of carbonyl (C=O) groups is 1. The first-order valence-corrected chi connectivity index (χ1v) is 8.70. The number of rotatable bonds is 4. The fraction of sp³-hybridized carbons (Fsp3) is 0.632. The molecular formula is C19H30N2O3. The van der Waals surface area contributed by atoms with Crippen LogP contribution in [0.3, 0.4) is 0 Å². The van der Waals surface area contributed by atoms with Crippen molar-refractivity contribution in [2.75, 3.05) is 19.7 Å². The van der Waals surface area contributed by atoms with E-state index in [4.69, 9.17) is 4.74 Å². The molecule has 0 radical (unpaired) electrons. The molecule has 5 heteroatoms. The molecule has 2 unspecified atom stereocenters. The lowest BCUT2D eigenvalue weighted by Gasteiger charge is -2.39. The third kappa shape index (κ3) is 5.21. The number of hydrogen-bond donors (Lipinski definition) is 2. The van der Waals surface area contributed by atoms with Gasteiger partial charge in [0.25, 0.3) is 0 Å². The molecule has 0 aliphatic carbocycles. The summed E-state index contributed by atoms with van der Waals surface area (Å²) in [6, 6.07) is 10.7. The Labute approximate surface area is 145 Å². The number of ether oxygens (including phenoxy) is 1. The number of nitrogens with zero attached hydrogens (tertiary/aromatic N) is 1. The van der Waals surface area contributed by atoms with Crippen molar-refractivity contribution in [3.63, 3.8) is 0 Å². The molecule has 1 fully saturated rings. The molecule has 1 aromatic carbocycles. The fourth-order valence-corrected chi connectivity index (χ4v) is 3.09. The first kappa shape index (κ1) is 18.7. The van der Waals surface area contributed by atoms with Crippen molar-refractivity contribution >= 4 is 6.09 Å². The lowest BCUT2D eigenvalue weighted by atomic mass is 9.91. The van der Waals surface area contributed by atoms with E-state index in [2.05, 4.69) is 24.4 Å². The Balaban J connectivity index is 1.94. The second-order valence-electron chi connectivity index (χ2n) is 7.56. The normalized spacial score (nSPS) is 23.0. The minimum atomic E-state index is -0.497. The van der Waals surface area contributed by atoms with Crippen molar-refractivity contribution in [1.29, 1.82) is 0 Å². The molecule has 0 spiro atoms. The third-order valence-electron chi connectivity index (χ3n) is 4.38. The molecule has 0 bridgehead atoms. The Morgan fingerprint density at radius 1 is 1.38 bits per heavy atom. The van der Waals surface area contributed by atoms with Gasteiger partial charge in [-0.1, -0.05) is 30.3 Å². The van der Waals surface area contributed by atoms with Gasteiger partial charge in [0.05, 0.1) is 0 Å². The number of nitrogens with one attached hydrogen (secondary N) is 1. The molecule has 1 saturated heterocycles. The Morgan fingerprint density at radius 2 is 2.04 bits per heavy atom. The van der Waals surface area contributed by atoms with Gasteiger partial charge in [-0.2, -0.15) is 0 Å². The average molecular weight is 334 g/mol. The summed E-state index contributed by atoms with van der Waals surface area (Å²) < 4.78 is 5.44. The lowest BCUT2D eigenvalue weighted by Crippen LogP contribution is -2.53. The number of hydrogen-bond acceptors (Lipinski definition) is 4. The van der Waals surface area contributed by atoms with Crippen molar-refractivity contribution in [2.24, 2.45) is 5.92 Å². The molecule has 1 aromatic rings. The monoisotopic (exact) mass is 334 g/mol. The predicted octanol–water partition coefficient (Wildman–Crippen LogP) is 2.96. The SMILES string of the molecule is C[C@H](NC1CCN(C(=O)OC(C)(C)C)CC1CO)c1ccccc1. The summed E-state index contributed by atoms with van der Waals surface area (Å²) in [6.07, 6.45) is 0.511. The number of piperidine rings is 1. The van der Waals surface area contributed by atoms with Crippen molar-refractivity contribution in [2.45, 2.75) is 51.8 Å². The minimum Gasteiger partial charge on any atom is -0.444 e. The van der Waals surface area contributed by atoms with Gasteiger partial charge < -0.3 is 20.1 Å². The quantitative estimate of drug-likeness (QED) is 0.889. The van der Waals surface area contributed by atoms with Crippen LogP contribution in [0.15, 0.2) is 30.3 Å². The van der Waals surface area contributed by atoms with E-state index < -0.39 is 5.60 Å². The van der Waals surface area contributed by atoms with E-state index in [1.54, 1.807) is 4.90 Å². The Hall–Kier alpha value is -1.59. The van der Waals surface area contributed by atoms with Crippen LogP contribution in [0.5, 0.6) is 0 Å². The Kier molecular flexibility index (Phi) is 6.24. The molecule has 5 nitrogen and oxygen atoms in total. The summed E-state index contributed by atoms with van der Waals surface area (Å²) in [7, 11) is 0. The lowest BCUT2D eigenvalue weighted by molar-refractivity contribution is 0.00775. The molecule has 3 atom stereocenters. The van der Waals surface area contributed by atoms with Crippen LogP contribution in [-0.4, -0.2) is 47.4 Å². The molecule has 2 N–H and O–H groups in total. The Morgan fingerprint density at radius 3 is 2.62 bits per heavy atom. The van der Waals surface area contributed by atoms with Gasteiger partial charge in [0, 0.05) is 37.7 Å². The zero-order valence-corrected chi connectivity index (χ0v) is 15.2. The molecule has 0 saturated carbocycles. The average Bonchev–Trinajstić information content (AvgIpc) is 2.54. The Bertz CT molecular complexity index is 527. The van der Waals surface area contributed by atoms with Crippen LogP contribution in [0.4, 0.5) is 4.79 Å². The van der Waals surface area contributed by atoms with Crippen molar-refractivity contribution in [3.8, 4) is 0 Å². The highest BCUT2D eigenvalue weighted by molar-refractivity contribution is 5.68. The number of aliphatic hydroxyl groups is 1. The smallest absolute Gasteiger partial charge is 0.410 e. The zero-order valence-electron chi connectivity index (χ0n) is 15.2. The molecule has 1 amide bonds. The summed E-state index contributed by atoms with van der Waals surface area (Å²) >= 11 is 0. The molecule has 134 valence electrons.